The van der Waals surface area contributed by atoms with Crippen LogP contribution in [0.3, 0.4) is 0 Å². The second kappa shape index (κ2) is 9.17. The first-order valence-electron chi connectivity index (χ1n) is 6.59. The van der Waals surface area contributed by atoms with Crippen LogP contribution >= 0.6 is 0 Å². The molecule has 0 heterocycles. The minimum atomic E-state index is 0.672. The SMILES string of the molecule is CCCN(CCCC(C)NCC)C(C)C. The number of hydrogen-bond acceptors (Lipinski definition) is 2. The van der Waals surface area contributed by atoms with Crippen molar-refractivity contribution in [1.29, 1.82) is 0 Å². The largest absolute Gasteiger partial charge is 0.315 e. The predicted molar refractivity (Wildman–Crippen MR) is 69.4 cm³/mol. The van der Waals surface area contributed by atoms with Crippen LogP contribution in [0.1, 0.15) is 53.9 Å². The Kier molecular flexibility index (Phi) is 9.12. The smallest absolute Gasteiger partial charge is 0.00390 e. The highest BCUT2D eigenvalue weighted by Gasteiger charge is 2.08. The summed E-state index contributed by atoms with van der Waals surface area (Å²) in [5, 5.41) is 3.46. The van der Waals surface area contributed by atoms with Crippen LogP contribution in [0.15, 0.2) is 0 Å². The molecule has 0 aromatic rings. The van der Waals surface area contributed by atoms with Gasteiger partial charge in [0.25, 0.3) is 0 Å². The fourth-order valence-electron chi connectivity index (χ4n) is 1.97. The van der Waals surface area contributed by atoms with Gasteiger partial charge in [-0.05, 0) is 59.7 Å². The monoisotopic (exact) mass is 214 g/mol. The number of rotatable bonds is 9. The lowest BCUT2D eigenvalue weighted by Crippen LogP contribution is -2.33. The van der Waals surface area contributed by atoms with E-state index in [1.54, 1.807) is 0 Å². The van der Waals surface area contributed by atoms with Crippen molar-refractivity contribution in [3.05, 3.63) is 0 Å². The van der Waals surface area contributed by atoms with Crippen molar-refractivity contribution >= 4 is 0 Å². The predicted octanol–water partition coefficient (Wildman–Crippen LogP) is 2.89. The Hall–Kier alpha value is -0.0800. The van der Waals surface area contributed by atoms with Crippen LogP contribution in [0, 0.1) is 0 Å². The Morgan fingerprint density at radius 2 is 1.73 bits per heavy atom. The third kappa shape index (κ3) is 7.80. The van der Waals surface area contributed by atoms with Gasteiger partial charge in [-0.1, -0.05) is 13.8 Å². The van der Waals surface area contributed by atoms with Crippen molar-refractivity contribution in [3.63, 3.8) is 0 Å². The lowest BCUT2D eigenvalue weighted by molar-refractivity contribution is 0.215. The van der Waals surface area contributed by atoms with Crippen molar-refractivity contribution in [2.75, 3.05) is 19.6 Å². The highest BCUT2D eigenvalue weighted by atomic mass is 15.1. The molecule has 2 heteroatoms. The number of nitrogens with zero attached hydrogens (tertiary/aromatic N) is 1. The van der Waals surface area contributed by atoms with Crippen molar-refractivity contribution in [1.82, 2.24) is 10.2 Å². The molecule has 0 aliphatic rings. The zero-order chi connectivity index (χ0) is 11.7. The molecular weight excluding hydrogens is 184 g/mol. The summed E-state index contributed by atoms with van der Waals surface area (Å²) in [5.41, 5.74) is 0. The molecule has 0 aliphatic carbocycles. The van der Waals surface area contributed by atoms with E-state index in [0.717, 1.165) is 6.54 Å². The average Bonchev–Trinajstić information content (AvgIpc) is 2.16. The Morgan fingerprint density at radius 3 is 2.20 bits per heavy atom. The van der Waals surface area contributed by atoms with Gasteiger partial charge < -0.3 is 10.2 Å². The van der Waals surface area contributed by atoms with Crippen molar-refractivity contribution in [3.8, 4) is 0 Å². The van der Waals surface area contributed by atoms with Crippen LogP contribution in [-0.2, 0) is 0 Å². The highest BCUT2D eigenvalue weighted by molar-refractivity contribution is 4.65. The highest BCUT2D eigenvalue weighted by Crippen LogP contribution is 2.04. The maximum atomic E-state index is 3.46. The van der Waals surface area contributed by atoms with Gasteiger partial charge in [0, 0.05) is 12.1 Å². The summed E-state index contributed by atoms with van der Waals surface area (Å²) in [4.78, 5) is 2.58. The summed E-state index contributed by atoms with van der Waals surface area (Å²) in [6, 6.07) is 1.37. The first kappa shape index (κ1) is 14.9. The fourth-order valence-corrected chi connectivity index (χ4v) is 1.97. The van der Waals surface area contributed by atoms with Crippen LogP contribution in [0.25, 0.3) is 0 Å². The molecule has 0 spiro atoms. The minimum absolute atomic E-state index is 0.672. The molecule has 0 bridgehead atoms. The van der Waals surface area contributed by atoms with E-state index in [1.807, 2.05) is 0 Å². The summed E-state index contributed by atoms with van der Waals surface area (Å²) in [5.74, 6) is 0. The van der Waals surface area contributed by atoms with Gasteiger partial charge in [0.2, 0.25) is 0 Å². The fraction of sp³-hybridized carbons (Fsp3) is 1.00. The number of hydrogen-bond donors (Lipinski definition) is 1. The zero-order valence-corrected chi connectivity index (χ0v) is 11.3. The van der Waals surface area contributed by atoms with Gasteiger partial charge in [0.05, 0.1) is 0 Å². The normalized spacial score (nSPS) is 13.8. The quantitative estimate of drug-likeness (QED) is 0.635. The van der Waals surface area contributed by atoms with Gasteiger partial charge in [-0.2, -0.15) is 0 Å². The molecule has 0 aromatic carbocycles. The summed E-state index contributed by atoms with van der Waals surface area (Å²) in [7, 11) is 0. The molecule has 1 unspecified atom stereocenters. The first-order valence-corrected chi connectivity index (χ1v) is 6.59. The topological polar surface area (TPSA) is 15.3 Å². The third-order valence-corrected chi connectivity index (χ3v) is 2.88. The van der Waals surface area contributed by atoms with Crippen molar-refractivity contribution in [2.45, 2.75) is 66.0 Å². The van der Waals surface area contributed by atoms with Gasteiger partial charge in [0.1, 0.15) is 0 Å². The second-order valence-electron chi connectivity index (χ2n) is 4.73. The van der Waals surface area contributed by atoms with Crippen molar-refractivity contribution < 1.29 is 0 Å². The maximum absolute atomic E-state index is 3.46. The van der Waals surface area contributed by atoms with E-state index >= 15 is 0 Å². The van der Waals surface area contributed by atoms with Crippen LogP contribution in [0.4, 0.5) is 0 Å². The lowest BCUT2D eigenvalue weighted by atomic mass is 10.1. The van der Waals surface area contributed by atoms with Crippen molar-refractivity contribution in [2.24, 2.45) is 0 Å². The summed E-state index contributed by atoms with van der Waals surface area (Å²) in [6.07, 6.45) is 3.87. The van der Waals surface area contributed by atoms with Crippen LogP contribution in [-0.4, -0.2) is 36.6 Å². The molecule has 0 saturated carbocycles. The van der Waals surface area contributed by atoms with Gasteiger partial charge in [-0.25, -0.2) is 0 Å². The van der Waals surface area contributed by atoms with E-state index in [9.17, 15) is 0 Å². The Morgan fingerprint density at radius 1 is 1.07 bits per heavy atom. The Labute approximate surface area is 96.4 Å². The van der Waals surface area contributed by atoms with E-state index in [0.29, 0.717) is 12.1 Å². The first-order chi connectivity index (χ1) is 7.11. The molecular formula is C13H30N2. The summed E-state index contributed by atoms with van der Waals surface area (Å²) >= 11 is 0. The third-order valence-electron chi connectivity index (χ3n) is 2.88. The summed E-state index contributed by atoms with van der Waals surface area (Å²) in [6.45, 7) is 14.9. The molecule has 0 saturated heterocycles. The second-order valence-corrected chi connectivity index (χ2v) is 4.73. The maximum Gasteiger partial charge on any atom is 0.00390 e. The molecule has 15 heavy (non-hydrogen) atoms. The molecule has 92 valence electrons. The van der Waals surface area contributed by atoms with Gasteiger partial charge in [-0.15, -0.1) is 0 Å². The van der Waals surface area contributed by atoms with Crippen LogP contribution in [0.5, 0.6) is 0 Å². The van der Waals surface area contributed by atoms with Gasteiger partial charge in [0.15, 0.2) is 0 Å². The Bertz CT molecular complexity index is 134. The van der Waals surface area contributed by atoms with E-state index < -0.39 is 0 Å². The standard InChI is InChI=1S/C13H30N2/c1-6-10-15(12(3)4)11-8-9-13(5)14-7-2/h12-14H,6-11H2,1-5H3. The van der Waals surface area contributed by atoms with Gasteiger partial charge >= 0.3 is 0 Å². The van der Waals surface area contributed by atoms with E-state index in [2.05, 4.69) is 44.8 Å². The van der Waals surface area contributed by atoms with Crippen LogP contribution in [0.2, 0.25) is 0 Å². The van der Waals surface area contributed by atoms with E-state index in [4.69, 9.17) is 0 Å². The van der Waals surface area contributed by atoms with Gasteiger partial charge in [-0.3, -0.25) is 0 Å². The lowest BCUT2D eigenvalue weighted by Gasteiger charge is -2.26. The molecule has 0 aliphatic heterocycles. The van der Waals surface area contributed by atoms with Crippen LogP contribution < -0.4 is 5.32 Å². The minimum Gasteiger partial charge on any atom is -0.315 e. The molecule has 0 fully saturated rings. The molecule has 0 aromatic heterocycles. The molecule has 1 N–H and O–H groups in total. The summed E-state index contributed by atoms with van der Waals surface area (Å²) < 4.78 is 0. The Balaban J connectivity index is 3.61. The molecule has 0 rings (SSSR count). The van der Waals surface area contributed by atoms with E-state index in [-0.39, 0.29) is 0 Å². The van der Waals surface area contributed by atoms with E-state index in [1.165, 1.54) is 32.4 Å². The molecule has 1 atom stereocenters. The average molecular weight is 214 g/mol. The number of nitrogens with one attached hydrogen (secondary N) is 1. The molecule has 0 radical (unpaired) electrons. The molecule has 0 amide bonds. The zero-order valence-electron chi connectivity index (χ0n) is 11.3. The molecule has 2 nitrogen and oxygen atoms in total.